The van der Waals surface area contributed by atoms with Crippen molar-refractivity contribution in [3.8, 4) is 0 Å². The molecule has 3 heterocycles. The molecular formula is C12H16N8O. The summed E-state index contributed by atoms with van der Waals surface area (Å²) in [6.07, 6.45) is 4.89. The van der Waals surface area contributed by atoms with Crippen LogP contribution in [0.4, 0.5) is 11.9 Å². The first kappa shape index (κ1) is 13.3. The normalized spacial score (nSPS) is 15.2. The van der Waals surface area contributed by atoms with Crippen molar-refractivity contribution in [1.29, 1.82) is 0 Å². The van der Waals surface area contributed by atoms with Crippen molar-refractivity contribution >= 4 is 17.8 Å². The molecule has 3 rings (SSSR count). The monoisotopic (exact) mass is 288 g/mol. The van der Waals surface area contributed by atoms with Crippen LogP contribution in [0.1, 0.15) is 0 Å². The zero-order valence-corrected chi connectivity index (χ0v) is 11.5. The van der Waals surface area contributed by atoms with Gasteiger partial charge < -0.3 is 15.5 Å². The van der Waals surface area contributed by atoms with Crippen LogP contribution in [0.15, 0.2) is 24.8 Å². The standard InChI is InChI=1S/C12H16N8O/c13-11-16-9-20(17-11)8-10(21)18-4-6-19(7-5-18)12-14-2-1-3-15-12/h1-3,9H,4-8H2,(H2,13,17). The fraction of sp³-hybridized carbons (Fsp3) is 0.417. The number of hydrogen-bond donors (Lipinski definition) is 1. The number of carbonyl (C=O) groups is 1. The molecule has 110 valence electrons. The first-order valence-corrected chi connectivity index (χ1v) is 6.67. The van der Waals surface area contributed by atoms with Gasteiger partial charge in [-0.1, -0.05) is 0 Å². The highest BCUT2D eigenvalue weighted by molar-refractivity contribution is 5.76. The van der Waals surface area contributed by atoms with E-state index < -0.39 is 0 Å². The van der Waals surface area contributed by atoms with E-state index in [1.807, 2.05) is 0 Å². The van der Waals surface area contributed by atoms with Gasteiger partial charge in [-0.2, -0.15) is 0 Å². The molecule has 0 spiro atoms. The molecule has 21 heavy (non-hydrogen) atoms. The predicted octanol–water partition coefficient (Wildman–Crippen LogP) is -1.00. The maximum Gasteiger partial charge on any atom is 0.244 e. The molecule has 0 unspecified atom stereocenters. The molecule has 0 bridgehead atoms. The van der Waals surface area contributed by atoms with Gasteiger partial charge in [-0.3, -0.25) is 4.79 Å². The predicted molar refractivity (Wildman–Crippen MR) is 75.3 cm³/mol. The molecule has 2 N–H and O–H groups in total. The van der Waals surface area contributed by atoms with Crippen molar-refractivity contribution in [2.24, 2.45) is 0 Å². The Morgan fingerprint density at radius 1 is 1.14 bits per heavy atom. The van der Waals surface area contributed by atoms with Crippen LogP contribution in [-0.2, 0) is 11.3 Å². The molecule has 0 aliphatic carbocycles. The summed E-state index contributed by atoms with van der Waals surface area (Å²) in [6, 6.07) is 1.78. The number of anilines is 2. The second-order valence-electron chi connectivity index (χ2n) is 4.72. The van der Waals surface area contributed by atoms with Gasteiger partial charge in [0.15, 0.2) is 0 Å². The van der Waals surface area contributed by atoms with Gasteiger partial charge in [0.25, 0.3) is 0 Å². The van der Waals surface area contributed by atoms with Crippen molar-refractivity contribution in [3.05, 3.63) is 24.8 Å². The van der Waals surface area contributed by atoms with Crippen LogP contribution in [0.2, 0.25) is 0 Å². The van der Waals surface area contributed by atoms with Crippen LogP contribution in [0.5, 0.6) is 0 Å². The van der Waals surface area contributed by atoms with Crippen molar-refractivity contribution in [1.82, 2.24) is 29.6 Å². The lowest BCUT2D eigenvalue weighted by atomic mass is 10.3. The second kappa shape index (κ2) is 5.73. The summed E-state index contributed by atoms with van der Waals surface area (Å²) in [7, 11) is 0. The van der Waals surface area contributed by atoms with Gasteiger partial charge in [0.1, 0.15) is 12.9 Å². The molecule has 9 heteroatoms. The number of aromatic nitrogens is 5. The van der Waals surface area contributed by atoms with Gasteiger partial charge >= 0.3 is 0 Å². The lowest BCUT2D eigenvalue weighted by Gasteiger charge is -2.34. The molecule has 2 aromatic heterocycles. The molecular weight excluding hydrogens is 272 g/mol. The Labute approximate surface area is 121 Å². The van der Waals surface area contributed by atoms with E-state index in [-0.39, 0.29) is 18.4 Å². The number of rotatable bonds is 3. The molecule has 1 saturated heterocycles. The average Bonchev–Trinajstić information content (AvgIpc) is 2.93. The molecule has 0 aromatic carbocycles. The van der Waals surface area contributed by atoms with Crippen molar-refractivity contribution in [2.45, 2.75) is 6.54 Å². The summed E-state index contributed by atoms with van der Waals surface area (Å²) in [4.78, 5) is 28.3. The minimum absolute atomic E-state index is 0.00790. The quantitative estimate of drug-likeness (QED) is 0.772. The summed E-state index contributed by atoms with van der Waals surface area (Å²) in [5.41, 5.74) is 5.43. The van der Waals surface area contributed by atoms with E-state index in [1.54, 1.807) is 23.4 Å². The van der Waals surface area contributed by atoms with E-state index in [9.17, 15) is 4.79 Å². The minimum atomic E-state index is 0.00790. The molecule has 0 atom stereocenters. The van der Waals surface area contributed by atoms with Crippen LogP contribution in [0.3, 0.4) is 0 Å². The molecule has 0 saturated carbocycles. The fourth-order valence-electron chi connectivity index (χ4n) is 2.23. The summed E-state index contributed by atoms with van der Waals surface area (Å²) in [5.74, 6) is 0.885. The molecule has 2 aromatic rings. The van der Waals surface area contributed by atoms with Crippen LogP contribution in [0, 0.1) is 0 Å². The Morgan fingerprint density at radius 3 is 2.48 bits per heavy atom. The van der Waals surface area contributed by atoms with Crippen molar-refractivity contribution < 1.29 is 4.79 Å². The number of hydrogen-bond acceptors (Lipinski definition) is 7. The second-order valence-corrected chi connectivity index (χ2v) is 4.72. The Morgan fingerprint density at radius 2 is 1.86 bits per heavy atom. The molecule has 1 fully saturated rings. The Balaban J connectivity index is 1.54. The van der Waals surface area contributed by atoms with Gasteiger partial charge in [0, 0.05) is 38.6 Å². The lowest BCUT2D eigenvalue weighted by Crippen LogP contribution is -2.50. The maximum atomic E-state index is 12.2. The number of carbonyl (C=O) groups excluding carboxylic acids is 1. The van der Waals surface area contributed by atoms with E-state index in [0.717, 1.165) is 13.1 Å². The number of nitrogens with two attached hydrogens (primary N) is 1. The van der Waals surface area contributed by atoms with E-state index in [4.69, 9.17) is 5.73 Å². The minimum Gasteiger partial charge on any atom is -0.367 e. The van der Waals surface area contributed by atoms with Crippen molar-refractivity contribution in [3.63, 3.8) is 0 Å². The Hall–Kier alpha value is -2.71. The number of piperazine rings is 1. The maximum absolute atomic E-state index is 12.2. The first-order valence-electron chi connectivity index (χ1n) is 6.67. The van der Waals surface area contributed by atoms with Gasteiger partial charge in [0.05, 0.1) is 0 Å². The highest BCUT2D eigenvalue weighted by Crippen LogP contribution is 2.10. The van der Waals surface area contributed by atoms with Crippen LogP contribution in [0.25, 0.3) is 0 Å². The van der Waals surface area contributed by atoms with Gasteiger partial charge in [0.2, 0.25) is 17.8 Å². The molecule has 9 nitrogen and oxygen atoms in total. The first-order chi connectivity index (χ1) is 10.2. The van der Waals surface area contributed by atoms with Gasteiger partial charge in [-0.25, -0.2) is 19.6 Å². The Bertz CT molecular complexity index is 605. The largest absolute Gasteiger partial charge is 0.367 e. The molecule has 0 radical (unpaired) electrons. The summed E-state index contributed by atoms with van der Waals surface area (Å²) >= 11 is 0. The van der Waals surface area contributed by atoms with E-state index in [1.165, 1.54) is 11.0 Å². The number of nitrogens with zero attached hydrogens (tertiary/aromatic N) is 7. The van der Waals surface area contributed by atoms with Crippen molar-refractivity contribution in [2.75, 3.05) is 36.8 Å². The lowest BCUT2D eigenvalue weighted by molar-refractivity contribution is -0.132. The number of nitrogen functional groups attached to an aromatic ring is 1. The smallest absolute Gasteiger partial charge is 0.244 e. The number of amides is 1. The fourth-order valence-corrected chi connectivity index (χ4v) is 2.23. The van der Waals surface area contributed by atoms with Gasteiger partial charge in [-0.05, 0) is 6.07 Å². The summed E-state index contributed by atoms with van der Waals surface area (Å²) < 4.78 is 1.45. The third kappa shape index (κ3) is 3.07. The van der Waals surface area contributed by atoms with Crippen LogP contribution < -0.4 is 10.6 Å². The zero-order chi connectivity index (χ0) is 14.7. The molecule has 1 aliphatic heterocycles. The van der Waals surface area contributed by atoms with Gasteiger partial charge in [-0.15, -0.1) is 5.10 Å². The highest BCUT2D eigenvalue weighted by atomic mass is 16.2. The van der Waals surface area contributed by atoms with E-state index in [2.05, 4.69) is 25.0 Å². The van der Waals surface area contributed by atoms with Crippen LogP contribution >= 0.6 is 0 Å². The van der Waals surface area contributed by atoms with E-state index in [0.29, 0.717) is 19.0 Å². The third-order valence-electron chi connectivity index (χ3n) is 3.32. The Kier molecular flexibility index (Phi) is 3.63. The topological polar surface area (TPSA) is 106 Å². The average molecular weight is 288 g/mol. The van der Waals surface area contributed by atoms with E-state index >= 15 is 0 Å². The van der Waals surface area contributed by atoms with Crippen LogP contribution in [-0.4, -0.2) is 61.7 Å². The zero-order valence-electron chi connectivity index (χ0n) is 11.5. The molecule has 1 amide bonds. The highest BCUT2D eigenvalue weighted by Gasteiger charge is 2.22. The SMILES string of the molecule is Nc1ncn(CC(=O)N2CCN(c3ncccn3)CC2)n1. The summed E-state index contributed by atoms with van der Waals surface area (Å²) in [5, 5.41) is 3.91. The third-order valence-corrected chi connectivity index (χ3v) is 3.32. The molecule has 1 aliphatic rings. The summed E-state index contributed by atoms with van der Waals surface area (Å²) in [6.45, 7) is 2.87.